The molecule has 0 unspecified atom stereocenters. The smallest absolute Gasteiger partial charge is 0.183 e. The molecule has 0 spiro atoms. The molecule has 16 nitrogen and oxygen atoms in total. The zero-order valence-electron chi connectivity index (χ0n) is 68.3. The zero-order valence-corrected chi connectivity index (χ0v) is 71.6. The van der Waals surface area contributed by atoms with Gasteiger partial charge in [0.2, 0.25) is 0 Å². The summed E-state index contributed by atoms with van der Waals surface area (Å²) in [6, 6.07) is 71.5. The third-order valence-electron chi connectivity index (χ3n) is 26.6. The molecular formula is C98H108N12O4S4. The summed E-state index contributed by atoms with van der Waals surface area (Å²) in [6.45, 7) is 12.8. The molecule has 4 N–H and O–H groups in total. The summed E-state index contributed by atoms with van der Waals surface area (Å²) in [5.41, 5.74) is 20.7. The van der Waals surface area contributed by atoms with E-state index in [1.165, 1.54) is 89.7 Å². The largest absolute Gasteiger partial charge is 0.497 e. The first kappa shape index (κ1) is 78.4. The highest BCUT2D eigenvalue weighted by Gasteiger charge is 2.39. The molecule has 0 aliphatic carbocycles. The van der Waals surface area contributed by atoms with Crippen LogP contribution in [0.3, 0.4) is 0 Å². The molecule has 0 bridgehead atoms. The molecule has 4 saturated heterocycles. The first-order valence-corrected chi connectivity index (χ1v) is 46.2. The minimum Gasteiger partial charge on any atom is -0.497 e. The van der Waals surface area contributed by atoms with Gasteiger partial charge in [0.15, 0.2) is 20.5 Å². The fourth-order valence-corrected chi connectivity index (χ4v) is 24.4. The van der Waals surface area contributed by atoms with Crippen molar-refractivity contribution in [1.82, 2.24) is 39.5 Å². The lowest BCUT2D eigenvalue weighted by Crippen LogP contribution is -2.42. The number of hydrogen-bond acceptors (Lipinski definition) is 20. The Morgan fingerprint density at radius 3 is 0.746 bits per heavy atom. The van der Waals surface area contributed by atoms with Gasteiger partial charge in [-0.3, -0.25) is 19.6 Å². The number of aromatic nitrogens is 4. The summed E-state index contributed by atoms with van der Waals surface area (Å²) in [4.78, 5) is 37.1. The van der Waals surface area contributed by atoms with Gasteiger partial charge in [0.1, 0.15) is 23.0 Å². The molecule has 0 saturated carbocycles. The predicted molar refractivity (Wildman–Crippen MR) is 485 cm³/mol. The van der Waals surface area contributed by atoms with Gasteiger partial charge in [-0.2, -0.15) is 0 Å². The van der Waals surface area contributed by atoms with Crippen molar-refractivity contribution in [3.63, 3.8) is 0 Å². The van der Waals surface area contributed by atoms with Crippen LogP contribution in [-0.4, -0.2) is 147 Å². The van der Waals surface area contributed by atoms with E-state index in [0.29, 0.717) is 47.8 Å². The standard InChI is InChI=1S/2C49H54N6O2S2/c2*1-56-38-13-15-40-36(27-38)19-23-54-21-17-32(25-42(40)54)30-50-48-52-46(34-9-5-3-6-10-34)44(58-48)29-45-47(35-11-7-4-8-12-35)53-49(59-45)51-31-33-18-22-55-24-20-37-28-39(57-2)14-16-41(37)43(55)26-33/h2*3-16,27-28,32-33,42-43H,17-26,29-31H2,1-2H3,(H,50,52)(H,51,53)/t32-,33+,42+,43-;32-,33-,42+,43+/m.0/s1. The molecule has 4 aromatic heterocycles. The molecule has 608 valence electrons. The second-order valence-corrected chi connectivity index (χ2v) is 37.9. The van der Waals surface area contributed by atoms with E-state index in [9.17, 15) is 0 Å². The van der Waals surface area contributed by atoms with Crippen molar-refractivity contribution in [3.05, 3.63) is 258 Å². The summed E-state index contributed by atoms with van der Waals surface area (Å²) in [5, 5.41) is 19.4. The number of benzene rings is 8. The van der Waals surface area contributed by atoms with Crippen LogP contribution in [0.25, 0.3) is 45.0 Å². The molecule has 12 heterocycles. The molecule has 118 heavy (non-hydrogen) atoms. The van der Waals surface area contributed by atoms with E-state index in [1.54, 1.807) is 28.4 Å². The maximum Gasteiger partial charge on any atom is 0.183 e. The molecule has 20 heteroatoms. The Balaban J connectivity index is 0.000000157. The van der Waals surface area contributed by atoms with E-state index >= 15 is 0 Å². The lowest BCUT2D eigenvalue weighted by Gasteiger charge is -2.43. The number of methoxy groups -OCH3 is 4. The average Bonchev–Trinajstić information content (AvgIpc) is 1.25. The monoisotopic (exact) mass is 1640 g/mol. The van der Waals surface area contributed by atoms with Gasteiger partial charge in [-0.1, -0.05) is 146 Å². The number of rotatable bonds is 24. The summed E-state index contributed by atoms with van der Waals surface area (Å²) in [5.74, 6) is 6.19. The SMILES string of the molecule is COc1ccc2c(c1)CCN1CC[C@H](CNc3nc(-c4ccccc4)c(Cc4sc(NC[C@@H]5CCN6CCc7cc(OC)ccc7[C@@H]6C5)nc4-c4ccccc4)s3)C[C@H]21.COc1ccc2c(c1)CCN1CC[C@H](CNc3nc(-c4ccccc4)c(Cc4sc(NC[C@H]5CCN6CCc7cc(OC)ccc7[C@H]6C5)nc4-c4ccccc4)s3)C[C@H]21. The van der Waals surface area contributed by atoms with Gasteiger partial charge in [-0.25, -0.2) is 19.9 Å². The Morgan fingerprint density at radius 2 is 0.525 bits per heavy atom. The Bertz CT molecular complexity index is 4760. The Hall–Kier alpha value is -9.48. The van der Waals surface area contributed by atoms with Crippen molar-refractivity contribution in [2.45, 2.75) is 114 Å². The number of fused-ring (bicyclic) bond motifs is 12. The van der Waals surface area contributed by atoms with E-state index in [4.69, 9.17) is 38.9 Å². The summed E-state index contributed by atoms with van der Waals surface area (Å²) in [6.07, 6.45) is 15.5. The minimum absolute atomic E-state index is 0.476. The minimum atomic E-state index is 0.476. The number of piperidine rings is 4. The Kier molecular flexibility index (Phi) is 23.8. The van der Waals surface area contributed by atoms with Gasteiger partial charge < -0.3 is 40.2 Å². The molecule has 8 aromatic carbocycles. The first-order chi connectivity index (χ1) is 58.2. The maximum absolute atomic E-state index is 5.56. The average molecular weight is 1650 g/mol. The van der Waals surface area contributed by atoms with Crippen LogP contribution in [0.1, 0.15) is 140 Å². The van der Waals surface area contributed by atoms with Crippen molar-refractivity contribution in [1.29, 1.82) is 0 Å². The van der Waals surface area contributed by atoms with E-state index in [-0.39, 0.29) is 0 Å². The Labute approximate surface area is 711 Å². The normalized spacial score (nSPS) is 21.5. The van der Waals surface area contributed by atoms with Crippen molar-refractivity contribution >= 4 is 65.9 Å². The zero-order chi connectivity index (χ0) is 79.4. The van der Waals surface area contributed by atoms with Gasteiger partial charge in [-0.05, 0) is 220 Å². The summed E-state index contributed by atoms with van der Waals surface area (Å²) in [7, 11) is 7.05. The number of hydrogen-bond donors (Lipinski definition) is 4. The summed E-state index contributed by atoms with van der Waals surface area (Å²) >= 11 is 7.24. The Morgan fingerprint density at radius 1 is 0.297 bits per heavy atom. The van der Waals surface area contributed by atoms with Crippen molar-refractivity contribution in [3.8, 4) is 68.0 Å². The number of nitrogens with one attached hydrogen (secondary N) is 4. The number of ether oxygens (including phenoxy) is 4. The van der Waals surface area contributed by atoms with Crippen LogP contribution in [0.4, 0.5) is 20.5 Å². The van der Waals surface area contributed by atoms with E-state index < -0.39 is 0 Å². The quantitative estimate of drug-likeness (QED) is 0.0454. The lowest BCUT2D eigenvalue weighted by atomic mass is 9.82. The molecule has 8 aliphatic heterocycles. The van der Waals surface area contributed by atoms with E-state index in [1.807, 2.05) is 45.3 Å². The molecule has 0 radical (unpaired) electrons. The van der Waals surface area contributed by atoms with Crippen LogP contribution in [0.15, 0.2) is 194 Å². The third-order valence-corrected chi connectivity index (χ3v) is 30.6. The van der Waals surface area contributed by atoms with Crippen molar-refractivity contribution in [2.24, 2.45) is 23.7 Å². The topological polar surface area (TPSA) is 150 Å². The number of thiazole rings is 4. The second-order valence-electron chi connectivity index (χ2n) is 33.5. The number of anilines is 4. The second kappa shape index (κ2) is 35.8. The van der Waals surface area contributed by atoms with Crippen molar-refractivity contribution < 1.29 is 18.9 Å². The van der Waals surface area contributed by atoms with Gasteiger partial charge in [0, 0.05) is 131 Å². The van der Waals surface area contributed by atoms with Crippen LogP contribution in [0.2, 0.25) is 0 Å². The highest BCUT2D eigenvalue weighted by molar-refractivity contribution is 7.18. The molecule has 8 atom stereocenters. The highest BCUT2D eigenvalue weighted by Crippen LogP contribution is 2.48. The molecule has 20 rings (SSSR count). The maximum atomic E-state index is 5.56. The van der Waals surface area contributed by atoms with Crippen molar-refractivity contribution in [2.75, 3.05) is 128 Å². The summed E-state index contributed by atoms with van der Waals surface area (Å²) < 4.78 is 22.2. The van der Waals surface area contributed by atoms with Crippen LogP contribution in [0.5, 0.6) is 23.0 Å². The van der Waals surface area contributed by atoms with Gasteiger partial charge in [0.05, 0.1) is 51.2 Å². The van der Waals surface area contributed by atoms with E-state index in [2.05, 4.69) is 235 Å². The molecule has 8 aliphatic rings. The van der Waals surface area contributed by atoms with Gasteiger partial charge >= 0.3 is 0 Å². The van der Waals surface area contributed by atoms with Gasteiger partial charge in [-0.15, -0.1) is 45.3 Å². The number of nitrogens with zero attached hydrogens (tertiary/aromatic N) is 8. The van der Waals surface area contributed by atoms with Crippen LogP contribution >= 0.6 is 45.3 Å². The van der Waals surface area contributed by atoms with E-state index in [0.717, 1.165) is 231 Å². The fourth-order valence-electron chi connectivity index (χ4n) is 20.2. The third kappa shape index (κ3) is 17.2. The van der Waals surface area contributed by atoms with Crippen LogP contribution in [0, 0.1) is 23.7 Å². The van der Waals surface area contributed by atoms with Gasteiger partial charge in [0.25, 0.3) is 0 Å². The molecule has 12 aromatic rings. The fraction of sp³-hybridized carbons (Fsp3) is 0.388. The predicted octanol–water partition coefficient (Wildman–Crippen LogP) is 20.8. The molecular weight excluding hydrogens is 1540 g/mol. The molecule has 0 amide bonds. The first-order valence-electron chi connectivity index (χ1n) is 43.0. The van der Waals surface area contributed by atoms with Crippen LogP contribution < -0.4 is 40.2 Å². The molecule has 4 fully saturated rings. The van der Waals surface area contributed by atoms with Crippen LogP contribution in [-0.2, 0) is 38.5 Å². The lowest BCUT2D eigenvalue weighted by molar-refractivity contribution is 0.107. The highest BCUT2D eigenvalue weighted by atomic mass is 32.1.